The summed E-state index contributed by atoms with van der Waals surface area (Å²) in [6.07, 6.45) is 0. The molecule has 0 saturated carbocycles. The Kier molecular flexibility index (Phi) is 6.64. The Morgan fingerprint density at radius 1 is 0.931 bits per heavy atom. The van der Waals surface area contributed by atoms with Gasteiger partial charge >= 0.3 is 0 Å². The van der Waals surface area contributed by atoms with E-state index in [1.807, 2.05) is 26.0 Å². The van der Waals surface area contributed by atoms with E-state index < -0.39 is 0 Å². The normalized spacial score (nSPS) is 13.9. The maximum Gasteiger partial charge on any atom is 0.260 e. The van der Waals surface area contributed by atoms with Crippen LogP contribution in [0.5, 0.6) is 11.5 Å². The second-order valence-corrected chi connectivity index (χ2v) is 7.44. The lowest BCUT2D eigenvalue weighted by atomic mass is 10.1. The van der Waals surface area contributed by atoms with Crippen molar-refractivity contribution in [3.63, 3.8) is 0 Å². The highest BCUT2D eigenvalue weighted by molar-refractivity contribution is 6.32. The van der Waals surface area contributed by atoms with Gasteiger partial charge < -0.3 is 19.3 Å². The maximum atomic E-state index is 12.6. The molecule has 29 heavy (non-hydrogen) atoms. The van der Waals surface area contributed by atoms with Crippen LogP contribution in [0, 0.1) is 13.8 Å². The molecule has 0 atom stereocenters. The summed E-state index contributed by atoms with van der Waals surface area (Å²) in [5.74, 6) is 1.21. The second-order valence-electron chi connectivity index (χ2n) is 7.06. The number of rotatable bonds is 5. The van der Waals surface area contributed by atoms with Crippen LogP contribution in [0.3, 0.4) is 0 Å². The number of piperazine rings is 1. The van der Waals surface area contributed by atoms with Crippen molar-refractivity contribution >= 4 is 23.4 Å². The number of methoxy groups -OCH3 is 1. The number of halogens is 1. The molecule has 2 amide bonds. The largest absolute Gasteiger partial charge is 0.497 e. The first-order valence-electron chi connectivity index (χ1n) is 9.49. The minimum absolute atomic E-state index is 0.0348. The zero-order chi connectivity index (χ0) is 21.0. The Hall–Kier alpha value is -2.73. The lowest BCUT2D eigenvalue weighted by Gasteiger charge is -2.34. The van der Waals surface area contributed by atoms with Gasteiger partial charge in [-0.2, -0.15) is 0 Å². The fraction of sp³-hybridized carbons (Fsp3) is 0.364. The standard InChI is InChI=1S/C22H25ClN2O4/c1-15-12-19(13-16(2)21(15)23)29-14-20(26)24-8-10-25(11-9-24)22(27)17-4-6-18(28-3)7-5-17/h4-7,12-13H,8-11,14H2,1-3H3. The number of benzene rings is 2. The summed E-state index contributed by atoms with van der Waals surface area (Å²) < 4.78 is 10.8. The van der Waals surface area contributed by atoms with Gasteiger partial charge in [0, 0.05) is 36.8 Å². The minimum Gasteiger partial charge on any atom is -0.497 e. The Balaban J connectivity index is 1.50. The zero-order valence-electron chi connectivity index (χ0n) is 16.9. The van der Waals surface area contributed by atoms with Gasteiger partial charge in [0.25, 0.3) is 11.8 Å². The highest BCUT2D eigenvalue weighted by Gasteiger charge is 2.25. The van der Waals surface area contributed by atoms with Gasteiger partial charge in [0.1, 0.15) is 11.5 Å². The highest BCUT2D eigenvalue weighted by Crippen LogP contribution is 2.26. The van der Waals surface area contributed by atoms with Crippen LogP contribution < -0.4 is 9.47 Å². The molecule has 1 saturated heterocycles. The van der Waals surface area contributed by atoms with Gasteiger partial charge in [0.05, 0.1) is 7.11 Å². The van der Waals surface area contributed by atoms with Gasteiger partial charge in [-0.25, -0.2) is 0 Å². The molecule has 3 rings (SSSR count). The molecule has 6 nitrogen and oxygen atoms in total. The van der Waals surface area contributed by atoms with Crippen LogP contribution in [-0.2, 0) is 4.79 Å². The van der Waals surface area contributed by atoms with Gasteiger partial charge in [-0.15, -0.1) is 0 Å². The summed E-state index contributed by atoms with van der Waals surface area (Å²) in [5.41, 5.74) is 2.45. The molecule has 0 spiro atoms. The molecule has 7 heteroatoms. The highest BCUT2D eigenvalue weighted by atomic mass is 35.5. The van der Waals surface area contributed by atoms with Gasteiger partial charge in [0.15, 0.2) is 6.61 Å². The van der Waals surface area contributed by atoms with Crippen molar-refractivity contribution in [3.8, 4) is 11.5 Å². The SMILES string of the molecule is COc1ccc(C(=O)N2CCN(C(=O)COc3cc(C)c(Cl)c(C)c3)CC2)cc1. The van der Waals surface area contributed by atoms with E-state index >= 15 is 0 Å². The number of hydrogen-bond donors (Lipinski definition) is 0. The minimum atomic E-state index is -0.0909. The Labute approximate surface area is 176 Å². The third kappa shape index (κ3) is 5.01. The molecule has 1 fully saturated rings. The molecule has 1 aliphatic rings. The van der Waals surface area contributed by atoms with E-state index in [1.54, 1.807) is 41.2 Å². The smallest absolute Gasteiger partial charge is 0.260 e. The van der Waals surface area contributed by atoms with E-state index in [2.05, 4.69) is 0 Å². The van der Waals surface area contributed by atoms with Crippen LogP contribution in [0.25, 0.3) is 0 Å². The van der Waals surface area contributed by atoms with Gasteiger partial charge in [-0.1, -0.05) is 11.6 Å². The number of carbonyl (C=O) groups excluding carboxylic acids is 2. The van der Waals surface area contributed by atoms with Crippen molar-refractivity contribution in [1.29, 1.82) is 0 Å². The van der Waals surface area contributed by atoms with Gasteiger partial charge in [-0.3, -0.25) is 9.59 Å². The van der Waals surface area contributed by atoms with Crippen molar-refractivity contribution in [2.45, 2.75) is 13.8 Å². The molecule has 0 radical (unpaired) electrons. The molecule has 0 unspecified atom stereocenters. The number of hydrogen-bond acceptors (Lipinski definition) is 4. The number of amides is 2. The number of carbonyl (C=O) groups is 2. The summed E-state index contributed by atoms with van der Waals surface area (Å²) >= 11 is 6.16. The van der Waals surface area contributed by atoms with E-state index in [0.717, 1.165) is 11.1 Å². The van der Waals surface area contributed by atoms with E-state index in [-0.39, 0.29) is 18.4 Å². The number of aryl methyl sites for hydroxylation is 2. The van der Waals surface area contributed by atoms with Crippen molar-refractivity contribution in [3.05, 3.63) is 58.1 Å². The summed E-state index contributed by atoms with van der Waals surface area (Å²) in [6.45, 7) is 5.75. The average molecular weight is 417 g/mol. The molecule has 1 aliphatic heterocycles. The van der Waals surface area contributed by atoms with E-state index in [4.69, 9.17) is 21.1 Å². The Bertz CT molecular complexity index is 867. The summed E-state index contributed by atoms with van der Waals surface area (Å²) in [5, 5.41) is 0.710. The van der Waals surface area contributed by atoms with Crippen LogP contribution in [0.1, 0.15) is 21.5 Å². The molecular weight excluding hydrogens is 392 g/mol. The number of ether oxygens (including phenoxy) is 2. The van der Waals surface area contributed by atoms with Crippen molar-refractivity contribution < 1.29 is 19.1 Å². The lowest BCUT2D eigenvalue weighted by Crippen LogP contribution is -2.51. The summed E-state index contributed by atoms with van der Waals surface area (Å²) in [6, 6.07) is 10.7. The molecule has 2 aromatic carbocycles. The van der Waals surface area contributed by atoms with Gasteiger partial charge in [-0.05, 0) is 61.4 Å². The third-order valence-corrected chi connectivity index (χ3v) is 5.63. The van der Waals surface area contributed by atoms with Crippen LogP contribution in [-0.4, -0.2) is 61.5 Å². The van der Waals surface area contributed by atoms with E-state index in [1.165, 1.54) is 0 Å². The molecule has 2 aromatic rings. The lowest BCUT2D eigenvalue weighted by molar-refractivity contribution is -0.134. The monoisotopic (exact) mass is 416 g/mol. The third-order valence-electron chi connectivity index (χ3n) is 5.03. The van der Waals surface area contributed by atoms with Crippen molar-refractivity contribution in [2.75, 3.05) is 39.9 Å². The molecule has 0 aliphatic carbocycles. The molecule has 0 aromatic heterocycles. The van der Waals surface area contributed by atoms with Crippen LogP contribution >= 0.6 is 11.6 Å². The van der Waals surface area contributed by atoms with Crippen molar-refractivity contribution in [2.24, 2.45) is 0 Å². The number of nitrogens with zero attached hydrogens (tertiary/aromatic N) is 2. The topological polar surface area (TPSA) is 59.1 Å². The molecule has 154 valence electrons. The quantitative estimate of drug-likeness (QED) is 0.750. The van der Waals surface area contributed by atoms with Crippen LogP contribution in [0.2, 0.25) is 5.02 Å². The average Bonchev–Trinajstić information content (AvgIpc) is 2.75. The van der Waals surface area contributed by atoms with Crippen molar-refractivity contribution in [1.82, 2.24) is 9.80 Å². The molecule has 0 bridgehead atoms. The molecule has 1 heterocycles. The summed E-state index contributed by atoms with van der Waals surface area (Å²) in [4.78, 5) is 28.6. The zero-order valence-corrected chi connectivity index (χ0v) is 17.7. The van der Waals surface area contributed by atoms with E-state index in [9.17, 15) is 9.59 Å². The van der Waals surface area contributed by atoms with E-state index in [0.29, 0.717) is 48.3 Å². The predicted octanol–water partition coefficient (Wildman–Crippen LogP) is 3.33. The fourth-order valence-corrected chi connectivity index (χ4v) is 3.41. The predicted molar refractivity (Wildman–Crippen MR) is 112 cm³/mol. The first kappa shape index (κ1) is 21.0. The second kappa shape index (κ2) is 9.18. The summed E-state index contributed by atoms with van der Waals surface area (Å²) in [7, 11) is 1.59. The first-order valence-corrected chi connectivity index (χ1v) is 9.87. The maximum absolute atomic E-state index is 12.6. The Morgan fingerprint density at radius 3 is 2.03 bits per heavy atom. The van der Waals surface area contributed by atoms with Crippen LogP contribution in [0.4, 0.5) is 0 Å². The first-order chi connectivity index (χ1) is 13.9. The van der Waals surface area contributed by atoms with Crippen LogP contribution in [0.15, 0.2) is 36.4 Å². The Morgan fingerprint density at radius 2 is 1.48 bits per heavy atom. The fourth-order valence-electron chi connectivity index (χ4n) is 3.30. The molecule has 0 N–H and O–H groups in total. The van der Waals surface area contributed by atoms with Gasteiger partial charge in [0.2, 0.25) is 0 Å². The molecular formula is C22H25ClN2O4.